The molecule has 1 atom stereocenters. The van der Waals surface area contributed by atoms with Crippen molar-refractivity contribution in [2.75, 3.05) is 7.05 Å². The summed E-state index contributed by atoms with van der Waals surface area (Å²) < 4.78 is 3.21. The monoisotopic (exact) mass is 623 g/mol. The highest BCUT2D eigenvalue weighted by atomic mass is 15.4. The first kappa shape index (κ1) is 26.8. The number of para-hydroxylation sites is 3. The highest BCUT2D eigenvalue weighted by molar-refractivity contribution is 6.32. The van der Waals surface area contributed by atoms with Crippen molar-refractivity contribution in [1.82, 2.24) is 9.05 Å². The number of hydrogen-bond acceptors (Lipinski definition) is 0. The summed E-state index contributed by atoms with van der Waals surface area (Å²) in [6.07, 6.45) is 0. The van der Waals surface area contributed by atoms with Crippen LogP contribution >= 0.6 is 0 Å². The topological polar surface area (TPSA) is 4.93 Å². The fourth-order valence-electron chi connectivity index (χ4n) is 9.09. The molecule has 2 nitrogen and oxygen atoms in total. The molecule has 0 bridgehead atoms. The SMILES string of the molecule is C[N+]12c3ccccc3-c3cccc(c31)-c1c2c2ccccc2c2c3ccccc3n(-c3ccc(-c4cccc(-c5ccccc5)c4)cc3)c12. The van der Waals surface area contributed by atoms with Crippen LogP contribution in [0.1, 0.15) is 0 Å². The third-order valence-corrected chi connectivity index (χ3v) is 11.1. The van der Waals surface area contributed by atoms with Crippen molar-refractivity contribution in [3.05, 3.63) is 170 Å². The third-order valence-electron chi connectivity index (χ3n) is 11.1. The lowest BCUT2D eigenvalue weighted by Gasteiger charge is -2.28. The highest BCUT2D eigenvalue weighted by Crippen LogP contribution is 2.68. The van der Waals surface area contributed by atoms with E-state index in [4.69, 9.17) is 0 Å². The van der Waals surface area contributed by atoms with Crippen molar-refractivity contribution in [2.24, 2.45) is 0 Å². The normalized spacial score (nSPS) is 15.5. The molecule has 2 aliphatic heterocycles. The Labute approximate surface area is 285 Å². The molecule has 0 aliphatic carbocycles. The maximum Gasteiger partial charge on any atom is 0.161 e. The summed E-state index contributed by atoms with van der Waals surface area (Å²) in [6, 6.07) is 62.6. The predicted molar refractivity (Wildman–Crippen MR) is 207 cm³/mol. The fraction of sp³-hybridized carbons (Fsp3) is 0.0213. The highest BCUT2D eigenvalue weighted by Gasteiger charge is 2.52. The van der Waals surface area contributed by atoms with Crippen LogP contribution in [0, 0.1) is 0 Å². The first-order chi connectivity index (χ1) is 24.2. The van der Waals surface area contributed by atoms with Crippen molar-refractivity contribution in [3.63, 3.8) is 0 Å². The number of quaternary nitrogens is 1. The Hall–Kier alpha value is -6.22. The number of benzene rings is 8. The Morgan fingerprint density at radius 1 is 0.429 bits per heavy atom. The fourth-order valence-corrected chi connectivity index (χ4v) is 9.09. The van der Waals surface area contributed by atoms with E-state index in [9.17, 15) is 0 Å². The summed E-state index contributed by atoms with van der Waals surface area (Å²) in [5.74, 6) is 0. The zero-order valence-electron chi connectivity index (χ0n) is 27.1. The second-order valence-corrected chi connectivity index (χ2v) is 13.6. The summed E-state index contributed by atoms with van der Waals surface area (Å²) in [4.78, 5) is 0. The Morgan fingerprint density at radius 2 is 1.02 bits per heavy atom. The molecule has 49 heavy (non-hydrogen) atoms. The van der Waals surface area contributed by atoms with E-state index < -0.39 is 0 Å². The molecule has 0 fully saturated rings. The molecule has 9 aromatic rings. The molecule has 3 heterocycles. The van der Waals surface area contributed by atoms with Gasteiger partial charge in [0.25, 0.3) is 0 Å². The van der Waals surface area contributed by atoms with Crippen LogP contribution in [0.3, 0.4) is 0 Å². The molecule has 0 saturated carbocycles. The van der Waals surface area contributed by atoms with E-state index in [0.29, 0.717) is 4.48 Å². The van der Waals surface area contributed by atoms with Crippen LogP contribution in [0.4, 0.5) is 17.1 Å². The van der Waals surface area contributed by atoms with Gasteiger partial charge in [0.2, 0.25) is 0 Å². The average Bonchev–Trinajstić information content (AvgIpc) is 3.76. The van der Waals surface area contributed by atoms with Gasteiger partial charge in [0.15, 0.2) is 17.1 Å². The van der Waals surface area contributed by atoms with Crippen molar-refractivity contribution < 1.29 is 0 Å². The molecule has 2 heteroatoms. The van der Waals surface area contributed by atoms with E-state index in [1.165, 1.54) is 99.8 Å². The Balaban J connectivity index is 1.21. The second-order valence-electron chi connectivity index (χ2n) is 13.6. The summed E-state index contributed by atoms with van der Waals surface area (Å²) >= 11 is 0. The summed E-state index contributed by atoms with van der Waals surface area (Å²) in [6.45, 7) is 0. The summed E-state index contributed by atoms with van der Waals surface area (Å²) in [7, 11) is 2.41. The van der Waals surface area contributed by atoms with E-state index in [0.717, 1.165) is 0 Å². The molecule has 0 amide bonds. The van der Waals surface area contributed by atoms with Gasteiger partial charge in [-0.3, -0.25) is 0 Å². The van der Waals surface area contributed by atoms with Gasteiger partial charge in [0.05, 0.1) is 34.8 Å². The molecule has 11 rings (SSSR count). The minimum Gasteiger partial charge on any atom is -0.308 e. The zero-order valence-corrected chi connectivity index (χ0v) is 27.1. The zero-order chi connectivity index (χ0) is 32.3. The standard InChI is InChI=1S/C47H31N2/c1-49-42-24-10-8-17-35(42)37-21-12-22-40(46(37)49)44-45-43(36-18-5-6-19-38(36)47(44)49)39-20-7-9-23-41(39)48(45)34-27-25-31(26-28-34)33-16-11-15-32(29-33)30-13-3-2-4-14-30/h2-29H,1H3/q+1. The van der Waals surface area contributed by atoms with Crippen LogP contribution in [0.2, 0.25) is 0 Å². The van der Waals surface area contributed by atoms with E-state index in [-0.39, 0.29) is 0 Å². The minimum atomic E-state index is 0.686. The molecular formula is C47H31N2+. The Morgan fingerprint density at radius 3 is 1.84 bits per heavy atom. The molecule has 1 unspecified atom stereocenters. The molecular weight excluding hydrogens is 593 g/mol. The summed E-state index contributed by atoms with van der Waals surface area (Å²) in [5.41, 5.74) is 18.0. The van der Waals surface area contributed by atoms with Crippen LogP contribution in [0.5, 0.6) is 0 Å². The predicted octanol–water partition coefficient (Wildman–Crippen LogP) is 12.8. The Bertz CT molecular complexity index is 2820. The van der Waals surface area contributed by atoms with Gasteiger partial charge in [-0.05, 0) is 76.2 Å². The lowest BCUT2D eigenvalue weighted by molar-refractivity contribution is 0.663. The first-order valence-electron chi connectivity index (χ1n) is 17.1. The van der Waals surface area contributed by atoms with Gasteiger partial charge in [0.1, 0.15) is 0 Å². The van der Waals surface area contributed by atoms with Crippen LogP contribution in [0.15, 0.2) is 170 Å². The quantitative estimate of drug-likeness (QED) is 0.173. The average molecular weight is 624 g/mol. The van der Waals surface area contributed by atoms with Crippen LogP contribution in [0.25, 0.3) is 82.8 Å². The maximum absolute atomic E-state index is 2.53. The molecule has 2 aliphatic rings. The van der Waals surface area contributed by atoms with Crippen molar-refractivity contribution in [3.8, 4) is 50.2 Å². The first-order valence-corrected chi connectivity index (χ1v) is 17.1. The van der Waals surface area contributed by atoms with Crippen LogP contribution in [-0.2, 0) is 0 Å². The van der Waals surface area contributed by atoms with Gasteiger partial charge >= 0.3 is 0 Å². The van der Waals surface area contributed by atoms with Crippen molar-refractivity contribution >= 4 is 49.6 Å². The van der Waals surface area contributed by atoms with Gasteiger partial charge in [-0.25, -0.2) is 4.48 Å². The maximum atomic E-state index is 2.53. The van der Waals surface area contributed by atoms with Crippen molar-refractivity contribution in [2.45, 2.75) is 0 Å². The number of fused-ring (bicyclic) bond motifs is 13. The van der Waals surface area contributed by atoms with Crippen LogP contribution in [-0.4, -0.2) is 11.6 Å². The molecule has 228 valence electrons. The smallest absolute Gasteiger partial charge is 0.161 e. The summed E-state index contributed by atoms with van der Waals surface area (Å²) in [5, 5.41) is 5.23. The van der Waals surface area contributed by atoms with Gasteiger partial charge < -0.3 is 4.57 Å². The van der Waals surface area contributed by atoms with E-state index in [1.807, 2.05) is 0 Å². The van der Waals surface area contributed by atoms with E-state index in [2.05, 4.69) is 181 Å². The second kappa shape index (κ2) is 9.67. The molecule has 1 aromatic heterocycles. The number of aromatic nitrogens is 1. The number of hydrogen-bond donors (Lipinski definition) is 0. The van der Waals surface area contributed by atoms with E-state index in [1.54, 1.807) is 0 Å². The van der Waals surface area contributed by atoms with Gasteiger partial charge in [-0.15, -0.1) is 0 Å². The number of rotatable bonds is 3. The molecule has 0 N–H and O–H groups in total. The minimum absolute atomic E-state index is 0.686. The number of nitrogens with zero attached hydrogens (tertiary/aromatic N) is 2. The van der Waals surface area contributed by atoms with Gasteiger partial charge in [-0.1, -0.05) is 115 Å². The van der Waals surface area contributed by atoms with Gasteiger partial charge in [-0.2, -0.15) is 0 Å². The Kier molecular flexibility index (Phi) is 5.29. The van der Waals surface area contributed by atoms with Crippen LogP contribution < -0.4 is 4.48 Å². The molecule has 0 spiro atoms. The third kappa shape index (κ3) is 3.43. The van der Waals surface area contributed by atoms with E-state index >= 15 is 0 Å². The largest absolute Gasteiger partial charge is 0.308 e. The molecule has 0 radical (unpaired) electrons. The van der Waals surface area contributed by atoms with Crippen molar-refractivity contribution in [1.29, 1.82) is 0 Å². The lowest BCUT2D eigenvalue weighted by atomic mass is 9.93. The molecule has 8 aromatic carbocycles. The molecule has 0 saturated heterocycles. The van der Waals surface area contributed by atoms with Gasteiger partial charge in [0, 0.05) is 33.5 Å². The lowest BCUT2D eigenvalue weighted by Crippen LogP contribution is -2.29.